The molecule has 166 valence electrons. The number of ketones is 1. The monoisotopic (exact) mass is 429 g/mol. The number of allylic oxidation sites excluding steroid dienone is 2. The molecule has 2 heterocycles. The fourth-order valence-corrected chi connectivity index (χ4v) is 4.75. The van der Waals surface area contributed by atoms with Crippen LogP contribution in [0.2, 0.25) is 0 Å². The van der Waals surface area contributed by atoms with Crippen LogP contribution < -0.4 is 0 Å². The lowest BCUT2D eigenvalue weighted by Crippen LogP contribution is -2.56. The number of fused-ring (bicyclic) bond motifs is 3. The van der Waals surface area contributed by atoms with Crippen molar-refractivity contribution in [1.82, 2.24) is 4.90 Å². The Kier molecular flexibility index (Phi) is 5.93. The van der Waals surface area contributed by atoms with Crippen molar-refractivity contribution in [2.24, 2.45) is 5.41 Å². The molecule has 0 bridgehead atoms. The Morgan fingerprint density at radius 2 is 2.00 bits per heavy atom. The second kappa shape index (κ2) is 8.00. The van der Waals surface area contributed by atoms with Gasteiger partial charge in [0.05, 0.1) is 33.3 Å². The van der Waals surface area contributed by atoms with E-state index in [0.29, 0.717) is 17.9 Å². The van der Waals surface area contributed by atoms with Crippen LogP contribution in [-0.4, -0.2) is 55.7 Å². The molecule has 0 saturated carbocycles. The molecule has 0 N–H and O–H groups in total. The zero-order valence-corrected chi connectivity index (χ0v) is 17.5. The maximum Gasteiger partial charge on any atom is 0.391 e. The molecule has 1 aliphatic carbocycles. The molecule has 3 rings (SSSR count). The van der Waals surface area contributed by atoms with E-state index in [0.717, 1.165) is 5.57 Å². The summed E-state index contributed by atoms with van der Waals surface area (Å²) in [5, 5.41) is 0. The minimum absolute atomic E-state index is 0.0733. The van der Waals surface area contributed by atoms with Crippen LogP contribution in [0.4, 0.5) is 13.2 Å². The van der Waals surface area contributed by atoms with Gasteiger partial charge in [0, 0.05) is 25.1 Å². The fourth-order valence-electron chi connectivity index (χ4n) is 4.75. The third-order valence-corrected chi connectivity index (χ3v) is 6.02. The van der Waals surface area contributed by atoms with Crippen molar-refractivity contribution in [3.63, 3.8) is 0 Å². The number of hydrogen-bond acceptors (Lipinski definition) is 6. The number of carbonyl (C=O) groups is 2. The van der Waals surface area contributed by atoms with Gasteiger partial charge in [-0.3, -0.25) is 4.79 Å². The number of esters is 1. The first-order valence-electron chi connectivity index (χ1n) is 9.82. The maximum absolute atomic E-state index is 13.4. The van der Waals surface area contributed by atoms with Crippen molar-refractivity contribution in [3.05, 3.63) is 34.9 Å². The van der Waals surface area contributed by atoms with Crippen molar-refractivity contribution in [3.8, 4) is 0 Å². The Morgan fingerprint density at radius 3 is 2.57 bits per heavy atom. The molecule has 6 nitrogen and oxygen atoms in total. The molecule has 3 atom stereocenters. The number of nitrogens with zero attached hydrogens (tertiary/aromatic N) is 1. The van der Waals surface area contributed by atoms with Crippen molar-refractivity contribution in [2.75, 3.05) is 20.8 Å². The Hall–Kier alpha value is -2.45. The lowest BCUT2D eigenvalue weighted by Gasteiger charge is -2.54. The largest absolute Gasteiger partial charge is 0.497 e. The first-order valence-corrected chi connectivity index (χ1v) is 9.82. The normalized spacial score (nSPS) is 28.9. The zero-order valence-electron chi connectivity index (χ0n) is 17.5. The van der Waals surface area contributed by atoms with Gasteiger partial charge in [-0.1, -0.05) is 6.92 Å². The van der Waals surface area contributed by atoms with Gasteiger partial charge in [0.1, 0.15) is 11.3 Å². The van der Waals surface area contributed by atoms with Gasteiger partial charge in [0.2, 0.25) is 0 Å². The highest BCUT2D eigenvalue weighted by molar-refractivity contribution is 6.18. The molecule has 0 aromatic carbocycles. The van der Waals surface area contributed by atoms with E-state index in [-0.39, 0.29) is 25.0 Å². The molecule has 0 spiro atoms. The number of piperidine rings is 1. The van der Waals surface area contributed by atoms with Crippen LogP contribution in [0.25, 0.3) is 0 Å². The molecule has 30 heavy (non-hydrogen) atoms. The van der Waals surface area contributed by atoms with Crippen LogP contribution in [0.3, 0.4) is 0 Å². The van der Waals surface area contributed by atoms with E-state index in [1.807, 2.05) is 6.92 Å². The van der Waals surface area contributed by atoms with E-state index in [9.17, 15) is 22.8 Å². The SMILES string of the molecule is CCOC(=O)C1=CN2C(CC(F)(F)F)CC3(C)CC(OC)=C(OC)C=C3C2CC1=O. The number of hydrogen-bond donors (Lipinski definition) is 0. The predicted octanol–water partition coefficient (Wildman–Crippen LogP) is 3.64. The Morgan fingerprint density at radius 1 is 1.30 bits per heavy atom. The molecule has 1 saturated heterocycles. The first kappa shape index (κ1) is 22.2. The third-order valence-electron chi connectivity index (χ3n) is 6.02. The summed E-state index contributed by atoms with van der Waals surface area (Å²) in [6, 6.07) is -1.51. The van der Waals surface area contributed by atoms with Crippen LogP contribution in [0.5, 0.6) is 0 Å². The van der Waals surface area contributed by atoms with E-state index in [2.05, 4.69) is 0 Å². The van der Waals surface area contributed by atoms with Crippen LogP contribution in [0.1, 0.15) is 39.5 Å². The van der Waals surface area contributed by atoms with Crippen LogP contribution >= 0.6 is 0 Å². The minimum Gasteiger partial charge on any atom is -0.497 e. The van der Waals surface area contributed by atoms with Crippen molar-refractivity contribution >= 4 is 11.8 Å². The summed E-state index contributed by atoms with van der Waals surface area (Å²) < 4.78 is 55.9. The van der Waals surface area contributed by atoms with Crippen LogP contribution in [0.15, 0.2) is 34.9 Å². The maximum atomic E-state index is 13.4. The number of carbonyl (C=O) groups excluding carboxylic acids is 2. The second-order valence-electron chi connectivity index (χ2n) is 8.06. The number of ether oxygens (including phenoxy) is 3. The summed E-state index contributed by atoms with van der Waals surface area (Å²) >= 11 is 0. The Labute approximate surface area is 173 Å². The van der Waals surface area contributed by atoms with Crippen LogP contribution in [-0.2, 0) is 23.8 Å². The lowest BCUT2D eigenvalue weighted by atomic mass is 9.63. The molecule has 0 amide bonds. The zero-order chi connectivity index (χ0) is 22.3. The lowest BCUT2D eigenvalue weighted by molar-refractivity contribution is -0.152. The number of methoxy groups -OCH3 is 2. The van der Waals surface area contributed by atoms with Gasteiger partial charge in [-0.25, -0.2) is 4.79 Å². The molecule has 0 aromatic heterocycles. The summed E-state index contributed by atoms with van der Waals surface area (Å²) in [7, 11) is 2.99. The Bertz CT molecular complexity index is 829. The highest BCUT2D eigenvalue weighted by atomic mass is 19.4. The molecule has 0 aromatic rings. The highest BCUT2D eigenvalue weighted by Crippen LogP contribution is 2.53. The molecule has 9 heteroatoms. The summed E-state index contributed by atoms with van der Waals surface area (Å²) in [5.74, 6) is -0.192. The highest BCUT2D eigenvalue weighted by Gasteiger charge is 2.52. The van der Waals surface area contributed by atoms with Crippen LogP contribution in [0, 0.1) is 5.41 Å². The summed E-state index contributed by atoms with van der Waals surface area (Å²) in [6.07, 6.45) is -1.94. The number of Topliss-reactive ketones (excluding diaryl/α,β-unsaturated/α-hetero) is 1. The van der Waals surface area contributed by atoms with Crippen molar-refractivity contribution in [2.45, 2.75) is 57.8 Å². The molecule has 3 aliphatic rings. The summed E-state index contributed by atoms with van der Waals surface area (Å²) in [4.78, 5) is 26.4. The van der Waals surface area contributed by atoms with Crippen molar-refractivity contribution < 1.29 is 37.0 Å². The third kappa shape index (κ3) is 4.06. The summed E-state index contributed by atoms with van der Waals surface area (Å²) in [6.45, 7) is 3.57. The quantitative estimate of drug-likeness (QED) is 0.491. The van der Waals surface area contributed by atoms with Gasteiger partial charge >= 0.3 is 12.1 Å². The standard InChI is InChI=1S/C21H26F3NO5/c1-5-30-19(27)13-11-25-12(9-21(22,23)24)8-20(2)10-18(29-4)17(28-3)6-14(20)15(25)7-16(13)26/h6,11-12,15H,5,7-10H2,1-4H3. The van der Waals surface area contributed by atoms with E-state index >= 15 is 0 Å². The number of halogens is 3. The van der Waals surface area contributed by atoms with Gasteiger partial charge in [-0.15, -0.1) is 0 Å². The Balaban J connectivity index is 2.09. The van der Waals surface area contributed by atoms with E-state index < -0.39 is 41.8 Å². The van der Waals surface area contributed by atoms with Gasteiger partial charge < -0.3 is 19.1 Å². The van der Waals surface area contributed by atoms with Crippen molar-refractivity contribution in [1.29, 1.82) is 0 Å². The van der Waals surface area contributed by atoms with Gasteiger partial charge in [-0.05, 0) is 30.4 Å². The molecular formula is C21H26F3NO5. The minimum atomic E-state index is -4.39. The average molecular weight is 429 g/mol. The molecular weight excluding hydrogens is 403 g/mol. The van der Waals surface area contributed by atoms with Gasteiger partial charge in [0.25, 0.3) is 0 Å². The average Bonchev–Trinajstić information content (AvgIpc) is 2.65. The predicted molar refractivity (Wildman–Crippen MR) is 101 cm³/mol. The smallest absolute Gasteiger partial charge is 0.391 e. The van der Waals surface area contributed by atoms with E-state index in [1.165, 1.54) is 25.3 Å². The molecule has 1 fully saturated rings. The van der Waals surface area contributed by atoms with Gasteiger partial charge in [-0.2, -0.15) is 13.2 Å². The molecule has 0 radical (unpaired) electrons. The molecule has 2 aliphatic heterocycles. The summed E-state index contributed by atoms with van der Waals surface area (Å²) in [5.41, 5.74) is -0.0218. The topological polar surface area (TPSA) is 65.1 Å². The first-order chi connectivity index (χ1) is 14.0. The van der Waals surface area contributed by atoms with E-state index in [1.54, 1.807) is 13.0 Å². The van der Waals surface area contributed by atoms with Gasteiger partial charge in [0.15, 0.2) is 11.5 Å². The molecule has 3 unspecified atom stereocenters. The van der Waals surface area contributed by atoms with E-state index in [4.69, 9.17) is 14.2 Å². The number of alkyl halides is 3. The fraction of sp³-hybridized carbons (Fsp3) is 0.619. The second-order valence-corrected chi connectivity index (χ2v) is 8.06. The number of rotatable bonds is 5.